The van der Waals surface area contributed by atoms with E-state index in [1.165, 1.54) is 5.56 Å². The molecule has 0 amide bonds. The van der Waals surface area contributed by atoms with Gasteiger partial charge in [-0.15, -0.1) is 0 Å². The maximum atomic E-state index is 12.5. The summed E-state index contributed by atoms with van der Waals surface area (Å²) in [6.07, 6.45) is 2.04. The van der Waals surface area contributed by atoms with Crippen molar-refractivity contribution in [2.45, 2.75) is 38.7 Å². The second kappa shape index (κ2) is 5.36. The Kier molecular flexibility index (Phi) is 3.54. The lowest BCUT2D eigenvalue weighted by atomic mass is 9.83. The maximum Gasteiger partial charge on any atom is 0.170 e. The molecule has 3 rings (SSSR count). The number of ketones is 1. The Bertz CT molecular complexity index is 661. The van der Waals surface area contributed by atoms with E-state index in [2.05, 4.69) is 19.1 Å². The van der Waals surface area contributed by atoms with Crippen LogP contribution in [0.15, 0.2) is 48.5 Å². The molecule has 0 aliphatic carbocycles. The van der Waals surface area contributed by atoms with Crippen LogP contribution < -0.4 is 4.74 Å². The van der Waals surface area contributed by atoms with Gasteiger partial charge in [0.05, 0.1) is 12.0 Å². The van der Waals surface area contributed by atoms with Gasteiger partial charge in [0, 0.05) is 6.42 Å². The van der Waals surface area contributed by atoms with Gasteiger partial charge in [-0.05, 0) is 31.0 Å². The molecule has 0 N–H and O–H groups in total. The molecule has 1 heterocycles. The fourth-order valence-electron chi connectivity index (χ4n) is 3.00. The van der Waals surface area contributed by atoms with Gasteiger partial charge in [-0.3, -0.25) is 4.79 Å². The quantitative estimate of drug-likeness (QED) is 0.835. The van der Waals surface area contributed by atoms with Crippen LogP contribution in [0.1, 0.15) is 41.3 Å². The van der Waals surface area contributed by atoms with Crippen molar-refractivity contribution in [3.05, 3.63) is 65.2 Å². The number of carbonyl (C=O) groups is 1. The van der Waals surface area contributed by atoms with Crippen LogP contribution in [-0.4, -0.2) is 11.4 Å². The first-order valence-electron chi connectivity index (χ1n) is 7.49. The van der Waals surface area contributed by atoms with Crippen molar-refractivity contribution in [1.82, 2.24) is 0 Å². The summed E-state index contributed by atoms with van der Waals surface area (Å²) in [5.41, 5.74) is 2.62. The minimum Gasteiger partial charge on any atom is -0.486 e. The highest BCUT2D eigenvalue weighted by atomic mass is 16.5. The number of benzene rings is 2. The lowest BCUT2D eigenvalue weighted by Gasteiger charge is -2.37. The van der Waals surface area contributed by atoms with Gasteiger partial charge in [-0.2, -0.15) is 0 Å². The highest BCUT2D eigenvalue weighted by Crippen LogP contribution is 2.37. The molecule has 2 aromatic rings. The first-order valence-corrected chi connectivity index (χ1v) is 7.49. The van der Waals surface area contributed by atoms with E-state index in [1.807, 2.05) is 43.3 Å². The number of hydrogen-bond donors (Lipinski definition) is 0. The van der Waals surface area contributed by atoms with Crippen LogP contribution in [0.3, 0.4) is 0 Å². The summed E-state index contributed by atoms with van der Waals surface area (Å²) in [5.74, 6) is 0.923. The summed E-state index contributed by atoms with van der Waals surface area (Å²) in [6, 6.07) is 16.1. The zero-order valence-corrected chi connectivity index (χ0v) is 12.6. The first-order chi connectivity index (χ1) is 10.1. The molecule has 0 fully saturated rings. The second-order valence-corrected chi connectivity index (χ2v) is 5.90. The Balaban J connectivity index is 1.94. The molecule has 2 aromatic carbocycles. The molecule has 0 bridgehead atoms. The summed E-state index contributed by atoms with van der Waals surface area (Å²) in [7, 11) is 0. The Morgan fingerprint density at radius 1 is 1.14 bits per heavy atom. The van der Waals surface area contributed by atoms with Crippen molar-refractivity contribution in [3.8, 4) is 5.75 Å². The molecule has 1 aliphatic rings. The van der Waals surface area contributed by atoms with E-state index < -0.39 is 5.60 Å². The normalized spacial score (nSPS) is 20.8. The average molecular weight is 280 g/mol. The Morgan fingerprint density at radius 2 is 1.90 bits per heavy atom. The minimum atomic E-state index is -0.416. The van der Waals surface area contributed by atoms with E-state index in [-0.39, 0.29) is 5.78 Å². The molecule has 1 unspecified atom stereocenters. The molecular formula is C19H20O2. The monoisotopic (exact) mass is 280 g/mol. The third kappa shape index (κ3) is 2.71. The van der Waals surface area contributed by atoms with E-state index in [0.717, 1.165) is 29.7 Å². The van der Waals surface area contributed by atoms with Crippen LogP contribution in [0.2, 0.25) is 0 Å². The van der Waals surface area contributed by atoms with Gasteiger partial charge in [0.1, 0.15) is 11.4 Å². The molecule has 0 saturated carbocycles. The standard InChI is InChI=1S/C19H20O2/c1-3-19(12-15-7-5-4-6-8-15)13-17(20)16-11-14(2)9-10-18(16)21-19/h4-11H,3,12-13H2,1-2H3. The molecule has 2 nitrogen and oxygen atoms in total. The van der Waals surface area contributed by atoms with E-state index in [1.54, 1.807) is 0 Å². The zero-order chi connectivity index (χ0) is 14.9. The van der Waals surface area contributed by atoms with Crippen LogP contribution in [0.4, 0.5) is 0 Å². The number of ether oxygens (including phenoxy) is 1. The largest absolute Gasteiger partial charge is 0.486 e. The number of fused-ring (bicyclic) bond motifs is 1. The van der Waals surface area contributed by atoms with Crippen LogP contribution in [0.5, 0.6) is 5.75 Å². The molecule has 0 aromatic heterocycles. The SMILES string of the molecule is CCC1(Cc2ccccc2)CC(=O)c2cc(C)ccc2O1. The highest BCUT2D eigenvalue weighted by molar-refractivity contribution is 6.00. The lowest BCUT2D eigenvalue weighted by Crippen LogP contribution is -2.43. The van der Waals surface area contributed by atoms with Crippen LogP contribution in [-0.2, 0) is 6.42 Å². The lowest BCUT2D eigenvalue weighted by molar-refractivity contribution is 0.0378. The smallest absolute Gasteiger partial charge is 0.170 e. The van der Waals surface area contributed by atoms with Gasteiger partial charge in [0.2, 0.25) is 0 Å². The first kappa shape index (κ1) is 13.9. The summed E-state index contributed by atoms with van der Waals surface area (Å²) in [6.45, 7) is 4.09. The Morgan fingerprint density at radius 3 is 2.62 bits per heavy atom. The summed E-state index contributed by atoms with van der Waals surface area (Å²) in [4.78, 5) is 12.5. The second-order valence-electron chi connectivity index (χ2n) is 5.90. The minimum absolute atomic E-state index is 0.192. The van der Waals surface area contributed by atoms with Crippen molar-refractivity contribution in [1.29, 1.82) is 0 Å². The number of Topliss-reactive ketones (excluding diaryl/α,β-unsaturated/α-hetero) is 1. The number of aryl methyl sites for hydroxylation is 1. The molecule has 108 valence electrons. The maximum absolute atomic E-state index is 12.5. The summed E-state index contributed by atoms with van der Waals surface area (Å²) >= 11 is 0. The van der Waals surface area contributed by atoms with Gasteiger partial charge >= 0.3 is 0 Å². The Hall–Kier alpha value is -2.09. The van der Waals surface area contributed by atoms with Crippen LogP contribution in [0.25, 0.3) is 0 Å². The molecule has 1 atom stereocenters. The third-order valence-electron chi connectivity index (χ3n) is 4.26. The van der Waals surface area contributed by atoms with Crippen molar-refractivity contribution < 1.29 is 9.53 Å². The van der Waals surface area contributed by atoms with Crippen LogP contribution in [0, 0.1) is 6.92 Å². The number of rotatable bonds is 3. The van der Waals surface area contributed by atoms with Crippen molar-refractivity contribution in [3.63, 3.8) is 0 Å². The molecule has 1 aliphatic heterocycles. The predicted molar refractivity (Wildman–Crippen MR) is 83.9 cm³/mol. The zero-order valence-electron chi connectivity index (χ0n) is 12.6. The van der Waals surface area contributed by atoms with Gasteiger partial charge in [0.25, 0.3) is 0 Å². The van der Waals surface area contributed by atoms with Crippen molar-refractivity contribution in [2.75, 3.05) is 0 Å². The fourth-order valence-corrected chi connectivity index (χ4v) is 3.00. The van der Waals surface area contributed by atoms with Gasteiger partial charge in [-0.1, -0.05) is 48.9 Å². The topological polar surface area (TPSA) is 26.3 Å². The van der Waals surface area contributed by atoms with Gasteiger partial charge < -0.3 is 4.74 Å². The number of carbonyl (C=O) groups excluding carboxylic acids is 1. The third-order valence-corrected chi connectivity index (χ3v) is 4.26. The molecule has 0 saturated heterocycles. The van der Waals surface area contributed by atoms with Gasteiger partial charge in [-0.25, -0.2) is 0 Å². The van der Waals surface area contributed by atoms with E-state index in [4.69, 9.17) is 4.74 Å². The number of hydrogen-bond acceptors (Lipinski definition) is 2. The predicted octanol–water partition coefficient (Wildman–Crippen LogP) is 4.35. The van der Waals surface area contributed by atoms with E-state index in [0.29, 0.717) is 6.42 Å². The molecule has 2 heteroatoms. The highest BCUT2D eigenvalue weighted by Gasteiger charge is 2.39. The molecular weight excluding hydrogens is 260 g/mol. The average Bonchev–Trinajstić information content (AvgIpc) is 2.49. The van der Waals surface area contributed by atoms with Crippen molar-refractivity contribution in [2.24, 2.45) is 0 Å². The fraction of sp³-hybridized carbons (Fsp3) is 0.316. The molecule has 21 heavy (non-hydrogen) atoms. The van der Waals surface area contributed by atoms with Crippen molar-refractivity contribution >= 4 is 5.78 Å². The van der Waals surface area contributed by atoms with Gasteiger partial charge in [0.15, 0.2) is 5.78 Å². The van der Waals surface area contributed by atoms with E-state index in [9.17, 15) is 4.79 Å². The molecule has 0 radical (unpaired) electrons. The van der Waals surface area contributed by atoms with E-state index >= 15 is 0 Å². The summed E-state index contributed by atoms with van der Waals surface area (Å²) in [5, 5.41) is 0. The Labute approximate surface area is 125 Å². The molecule has 0 spiro atoms. The van der Waals surface area contributed by atoms with Crippen LogP contribution >= 0.6 is 0 Å². The summed E-state index contributed by atoms with van der Waals surface area (Å²) < 4.78 is 6.28.